The van der Waals surface area contributed by atoms with Gasteiger partial charge in [-0.1, -0.05) is 16.8 Å². The maximum atomic E-state index is 12.5. The fourth-order valence-electron chi connectivity index (χ4n) is 2.54. The summed E-state index contributed by atoms with van der Waals surface area (Å²) in [6.45, 7) is 1.86. The van der Waals surface area contributed by atoms with Crippen LogP contribution in [0.4, 0.5) is 0 Å². The Bertz CT molecular complexity index is 925. The van der Waals surface area contributed by atoms with E-state index in [-0.39, 0.29) is 12.5 Å². The lowest BCUT2D eigenvalue weighted by Gasteiger charge is -2.20. The molecule has 3 rings (SSSR count). The minimum absolute atomic E-state index is 0.177. The van der Waals surface area contributed by atoms with Crippen molar-refractivity contribution in [1.29, 1.82) is 0 Å². The van der Waals surface area contributed by atoms with Crippen LogP contribution in [-0.2, 0) is 11.3 Å². The quantitative estimate of drug-likeness (QED) is 0.598. The lowest BCUT2D eigenvalue weighted by Crippen LogP contribution is -2.37. The number of likely N-dealkylation sites (N-methyl/N-ethyl adjacent to an activating group) is 1. The van der Waals surface area contributed by atoms with Gasteiger partial charge in [-0.2, -0.15) is 4.98 Å². The van der Waals surface area contributed by atoms with E-state index >= 15 is 0 Å². The molecule has 0 spiro atoms. The van der Waals surface area contributed by atoms with E-state index in [2.05, 4.69) is 10.1 Å². The molecule has 8 heteroatoms. The molecule has 1 aromatic heterocycles. The molecule has 28 heavy (non-hydrogen) atoms. The summed E-state index contributed by atoms with van der Waals surface area (Å²) in [6, 6.07) is 14.1. The minimum atomic E-state index is -0.671. The lowest BCUT2D eigenvalue weighted by atomic mass is 10.2. The van der Waals surface area contributed by atoms with E-state index in [0.29, 0.717) is 22.5 Å². The molecule has 0 bridgehead atoms. The highest BCUT2D eigenvalue weighted by Crippen LogP contribution is 2.20. The topological polar surface area (TPSA) is 77.7 Å². The van der Waals surface area contributed by atoms with Crippen molar-refractivity contribution in [3.63, 3.8) is 0 Å². The maximum Gasteiger partial charge on any atom is 0.263 e. The molecule has 1 atom stereocenters. The third-order valence-electron chi connectivity index (χ3n) is 4.04. The number of ether oxygens (including phenoxy) is 2. The van der Waals surface area contributed by atoms with Crippen molar-refractivity contribution in [3.8, 4) is 22.9 Å². The molecule has 0 aliphatic carbocycles. The molecule has 2 aromatic carbocycles. The van der Waals surface area contributed by atoms with Gasteiger partial charge in [0.05, 0.1) is 13.7 Å². The zero-order valence-electron chi connectivity index (χ0n) is 15.8. The molecule has 0 N–H and O–H groups in total. The fraction of sp³-hybridized carbons (Fsp3) is 0.250. The summed E-state index contributed by atoms with van der Waals surface area (Å²) in [5.74, 6) is 1.88. The number of hydrogen-bond acceptors (Lipinski definition) is 6. The standard InChI is InChI=1S/C20H20ClN3O4/c1-13(27-17-10-6-15(21)7-11-17)20(25)24(2)12-18-22-19(23-28-18)14-4-8-16(26-3)9-5-14/h4-11,13H,12H2,1-3H3/t13-/m0/s1. The van der Waals surface area contributed by atoms with Gasteiger partial charge in [0.25, 0.3) is 5.91 Å². The third-order valence-corrected chi connectivity index (χ3v) is 4.29. The molecule has 3 aromatic rings. The largest absolute Gasteiger partial charge is 0.497 e. The zero-order valence-corrected chi connectivity index (χ0v) is 16.5. The first-order valence-electron chi connectivity index (χ1n) is 8.60. The van der Waals surface area contributed by atoms with Gasteiger partial charge in [-0.25, -0.2) is 0 Å². The lowest BCUT2D eigenvalue weighted by molar-refractivity contribution is -0.137. The molecular weight excluding hydrogens is 382 g/mol. The molecule has 0 saturated carbocycles. The first-order valence-corrected chi connectivity index (χ1v) is 8.98. The molecule has 0 aliphatic rings. The highest BCUT2D eigenvalue weighted by molar-refractivity contribution is 6.30. The summed E-state index contributed by atoms with van der Waals surface area (Å²) < 4.78 is 16.1. The predicted molar refractivity (Wildman–Crippen MR) is 104 cm³/mol. The van der Waals surface area contributed by atoms with E-state index in [1.165, 1.54) is 4.90 Å². The molecule has 0 fully saturated rings. The van der Waals surface area contributed by atoms with Gasteiger partial charge in [0, 0.05) is 17.6 Å². The fourth-order valence-corrected chi connectivity index (χ4v) is 2.66. The number of hydrogen-bond donors (Lipinski definition) is 0. The van der Waals surface area contributed by atoms with Crippen LogP contribution >= 0.6 is 11.6 Å². The average molecular weight is 402 g/mol. The van der Waals surface area contributed by atoms with Gasteiger partial charge < -0.3 is 18.9 Å². The summed E-state index contributed by atoms with van der Waals surface area (Å²) in [4.78, 5) is 18.4. The molecule has 0 radical (unpaired) electrons. The van der Waals surface area contributed by atoms with Crippen molar-refractivity contribution in [2.45, 2.75) is 19.6 Å². The Labute approximate surface area is 167 Å². The van der Waals surface area contributed by atoms with Crippen LogP contribution in [0.25, 0.3) is 11.4 Å². The highest BCUT2D eigenvalue weighted by atomic mass is 35.5. The van der Waals surface area contributed by atoms with Gasteiger partial charge in [0.15, 0.2) is 6.10 Å². The Morgan fingerprint density at radius 3 is 2.43 bits per heavy atom. The number of halogens is 1. The van der Waals surface area contributed by atoms with E-state index in [4.69, 9.17) is 25.6 Å². The second-order valence-electron chi connectivity index (χ2n) is 6.15. The number of benzene rings is 2. The van der Waals surface area contributed by atoms with Crippen LogP contribution in [0, 0.1) is 0 Å². The van der Waals surface area contributed by atoms with Crippen LogP contribution < -0.4 is 9.47 Å². The summed E-state index contributed by atoms with van der Waals surface area (Å²) in [7, 11) is 3.26. The van der Waals surface area contributed by atoms with Gasteiger partial charge in [-0.05, 0) is 55.5 Å². The summed E-state index contributed by atoms with van der Waals surface area (Å²) in [6.07, 6.45) is -0.671. The molecule has 146 valence electrons. The monoisotopic (exact) mass is 401 g/mol. The van der Waals surface area contributed by atoms with Crippen LogP contribution in [0.3, 0.4) is 0 Å². The Morgan fingerprint density at radius 2 is 1.79 bits per heavy atom. The minimum Gasteiger partial charge on any atom is -0.497 e. The van der Waals surface area contributed by atoms with Gasteiger partial charge in [0.2, 0.25) is 11.7 Å². The van der Waals surface area contributed by atoms with Crippen molar-refractivity contribution >= 4 is 17.5 Å². The highest BCUT2D eigenvalue weighted by Gasteiger charge is 2.21. The van der Waals surface area contributed by atoms with E-state index in [1.54, 1.807) is 45.3 Å². The average Bonchev–Trinajstić information content (AvgIpc) is 3.17. The number of aromatic nitrogens is 2. The first kappa shape index (κ1) is 19.7. The summed E-state index contributed by atoms with van der Waals surface area (Å²) in [5, 5.41) is 4.57. The zero-order chi connectivity index (χ0) is 20.1. The van der Waals surface area contributed by atoms with Crippen LogP contribution in [0.1, 0.15) is 12.8 Å². The summed E-state index contributed by atoms with van der Waals surface area (Å²) in [5.41, 5.74) is 0.796. The molecular formula is C20H20ClN3O4. The number of rotatable bonds is 7. The van der Waals surface area contributed by atoms with Gasteiger partial charge in [-0.15, -0.1) is 0 Å². The second kappa shape index (κ2) is 8.75. The van der Waals surface area contributed by atoms with Crippen LogP contribution in [0.15, 0.2) is 53.1 Å². The Hall–Kier alpha value is -3.06. The Kier molecular flexibility index (Phi) is 6.16. The number of amides is 1. The predicted octanol–water partition coefficient (Wildman–Crippen LogP) is 3.82. The molecule has 1 heterocycles. The molecule has 7 nitrogen and oxygen atoms in total. The number of carbonyl (C=O) groups is 1. The normalized spacial score (nSPS) is 11.7. The van der Waals surface area contributed by atoms with Crippen molar-refractivity contribution in [1.82, 2.24) is 15.0 Å². The Balaban J connectivity index is 1.60. The summed E-state index contributed by atoms with van der Waals surface area (Å²) >= 11 is 5.85. The van der Waals surface area contributed by atoms with E-state index in [0.717, 1.165) is 11.3 Å². The Morgan fingerprint density at radius 1 is 1.14 bits per heavy atom. The van der Waals surface area contributed by atoms with E-state index in [1.807, 2.05) is 24.3 Å². The van der Waals surface area contributed by atoms with Crippen LogP contribution in [0.5, 0.6) is 11.5 Å². The van der Waals surface area contributed by atoms with Crippen LogP contribution in [-0.4, -0.2) is 41.2 Å². The smallest absolute Gasteiger partial charge is 0.263 e. The third kappa shape index (κ3) is 4.80. The van der Waals surface area contributed by atoms with Gasteiger partial charge in [0.1, 0.15) is 11.5 Å². The number of nitrogens with zero attached hydrogens (tertiary/aromatic N) is 3. The van der Waals surface area contributed by atoms with Gasteiger partial charge in [-0.3, -0.25) is 4.79 Å². The molecule has 0 saturated heterocycles. The number of methoxy groups -OCH3 is 1. The van der Waals surface area contributed by atoms with E-state index < -0.39 is 6.10 Å². The molecule has 0 unspecified atom stereocenters. The van der Waals surface area contributed by atoms with Gasteiger partial charge >= 0.3 is 0 Å². The van der Waals surface area contributed by atoms with Crippen molar-refractivity contribution < 1.29 is 18.8 Å². The SMILES string of the molecule is COc1ccc(-c2noc(CN(C)C(=O)[C@H](C)Oc3ccc(Cl)cc3)n2)cc1. The van der Waals surface area contributed by atoms with Crippen molar-refractivity contribution in [3.05, 3.63) is 59.4 Å². The van der Waals surface area contributed by atoms with Crippen LogP contribution in [0.2, 0.25) is 5.02 Å². The van der Waals surface area contributed by atoms with Crippen molar-refractivity contribution in [2.24, 2.45) is 0 Å². The molecule has 0 aliphatic heterocycles. The number of carbonyl (C=O) groups excluding carboxylic acids is 1. The molecule has 1 amide bonds. The second-order valence-corrected chi connectivity index (χ2v) is 6.58. The maximum absolute atomic E-state index is 12.5. The van der Waals surface area contributed by atoms with Crippen molar-refractivity contribution in [2.75, 3.05) is 14.2 Å². The first-order chi connectivity index (χ1) is 13.5. The van der Waals surface area contributed by atoms with E-state index in [9.17, 15) is 4.79 Å².